The second-order valence-electron chi connectivity index (χ2n) is 7.19. The van der Waals surface area contributed by atoms with Gasteiger partial charge in [0, 0.05) is 0 Å². The molecule has 0 aromatic heterocycles. The highest BCUT2D eigenvalue weighted by molar-refractivity contribution is 5.75. The quantitative estimate of drug-likeness (QED) is 0.169. The molecule has 0 fully saturated rings. The van der Waals surface area contributed by atoms with E-state index in [0.717, 1.165) is 19.3 Å². The molecule has 1 atom stereocenters. The molecule has 0 saturated carbocycles. The summed E-state index contributed by atoms with van der Waals surface area (Å²) in [5, 5.41) is 3.11. The normalized spacial score (nSPS) is 12.9. The fourth-order valence-corrected chi connectivity index (χ4v) is 2.92. The third-order valence-electron chi connectivity index (χ3n) is 4.52. The summed E-state index contributed by atoms with van der Waals surface area (Å²) in [4.78, 5) is 14.8. The first-order valence-electron chi connectivity index (χ1n) is 10.7. The topological polar surface area (TPSA) is 50.4 Å². The molecule has 0 aliphatic carbocycles. The van der Waals surface area contributed by atoms with E-state index in [0.29, 0.717) is 13.0 Å². The zero-order valence-electron chi connectivity index (χ0n) is 17.1. The standard InChI is InChI=1S/C20H39F3N2O2/c1-3-5-6-7-8-9-10-11-12-13-14-15-17-24-18(16-4-2)25-27-19(26)20(21,22)23/h18,24-25H,3-17H2,1-2H3. The molecule has 7 heteroatoms. The van der Waals surface area contributed by atoms with Crippen molar-refractivity contribution < 1.29 is 22.8 Å². The molecule has 0 radical (unpaired) electrons. The highest BCUT2D eigenvalue weighted by Crippen LogP contribution is 2.16. The van der Waals surface area contributed by atoms with E-state index >= 15 is 0 Å². The molecule has 0 aliphatic heterocycles. The molecular formula is C20H39F3N2O2. The van der Waals surface area contributed by atoms with E-state index in [-0.39, 0.29) is 0 Å². The highest BCUT2D eigenvalue weighted by Gasteiger charge is 2.41. The van der Waals surface area contributed by atoms with Crippen molar-refractivity contribution in [3.8, 4) is 0 Å². The van der Waals surface area contributed by atoms with Gasteiger partial charge in [-0.05, 0) is 19.4 Å². The fourth-order valence-electron chi connectivity index (χ4n) is 2.92. The minimum atomic E-state index is -4.97. The molecule has 0 rings (SSSR count). The number of halogens is 3. The Bertz CT molecular complexity index is 353. The van der Waals surface area contributed by atoms with Gasteiger partial charge in [-0.2, -0.15) is 13.2 Å². The van der Waals surface area contributed by atoms with Crippen LogP contribution < -0.4 is 10.8 Å². The molecule has 0 saturated heterocycles. The van der Waals surface area contributed by atoms with Crippen LogP contribution in [0.2, 0.25) is 0 Å². The number of unbranched alkanes of at least 4 members (excludes halogenated alkanes) is 11. The number of rotatable bonds is 18. The Balaban J connectivity index is 3.55. The van der Waals surface area contributed by atoms with E-state index < -0.39 is 18.3 Å². The van der Waals surface area contributed by atoms with Crippen molar-refractivity contribution in [2.45, 2.75) is 116 Å². The maximum atomic E-state index is 12.1. The van der Waals surface area contributed by atoms with Crippen LogP contribution in [0.3, 0.4) is 0 Å². The molecule has 4 nitrogen and oxygen atoms in total. The fraction of sp³-hybridized carbons (Fsp3) is 0.950. The van der Waals surface area contributed by atoms with Crippen LogP contribution >= 0.6 is 0 Å². The van der Waals surface area contributed by atoms with Gasteiger partial charge >= 0.3 is 12.1 Å². The Labute approximate surface area is 162 Å². The van der Waals surface area contributed by atoms with Crippen molar-refractivity contribution in [2.24, 2.45) is 0 Å². The molecule has 0 spiro atoms. The lowest BCUT2D eigenvalue weighted by atomic mass is 10.1. The van der Waals surface area contributed by atoms with Crippen LogP contribution in [0.4, 0.5) is 13.2 Å². The number of hydroxylamine groups is 1. The molecule has 0 amide bonds. The van der Waals surface area contributed by atoms with Crippen molar-refractivity contribution in [1.29, 1.82) is 0 Å². The predicted octanol–water partition coefficient (Wildman–Crippen LogP) is 6.01. The number of carbonyl (C=O) groups is 1. The second-order valence-corrected chi connectivity index (χ2v) is 7.19. The lowest BCUT2D eigenvalue weighted by molar-refractivity contribution is -0.209. The van der Waals surface area contributed by atoms with Gasteiger partial charge in [-0.3, -0.25) is 5.32 Å². The molecule has 0 heterocycles. The van der Waals surface area contributed by atoms with Crippen molar-refractivity contribution in [1.82, 2.24) is 10.8 Å². The number of carbonyl (C=O) groups excluding carboxylic acids is 1. The minimum Gasteiger partial charge on any atom is -0.362 e. The van der Waals surface area contributed by atoms with Crippen LogP contribution in [-0.4, -0.2) is 24.9 Å². The first-order chi connectivity index (χ1) is 12.9. The summed E-state index contributed by atoms with van der Waals surface area (Å²) in [5.41, 5.74) is 2.19. The van der Waals surface area contributed by atoms with Crippen LogP contribution in [0.25, 0.3) is 0 Å². The van der Waals surface area contributed by atoms with Crippen LogP contribution in [0.5, 0.6) is 0 Å². The molecule has 0 aromatic carbocycles. The van der Waals surface area contributed by atoms with E-state index in [4.69, 9.17) is 0 Å². The molecular weight excluding hydrogens is 357 g/mol. The third-order valence-corrected chi connectivity index (χ3v) is 4.52. The van der Waals surface area contributed by atoms with Gasteiger partial charge in [0.1, 0.15) is 0 Å². The average molecular weight is 397 g/mol. The molecule has 162 valence electrons. The molecule has 0 aromatic rings. The average Bonchev–Trinajstić information content (AvgIpc) is 2.62. The Kier molecular flexibility index (Phi) is 16.8. The smallest absolute Gasteiger partial charge is 0.362 e. The van der Waals surface area contributed by atoms with E-state index in [1.807, 2.05) is 6.92 Å². The first-order valence-corrected chi connectivity index (χ1v) is 10.7. The van der Waals surface area contributed by atoms with Crippen molar-refractivity contribution in [2.75, 3.05) is 6.54 Å². The zero-order chi connectivity index (χ0) is 20.4. The monoisotopic (exact) mass is 396 g/mol. The summed E-state index contributed by atoms with van der Waals surface area (Å²) in [5.74, 6) is -2.21. The summed E-state index contributed by atoms with van der Waals surface area (Å²) in [7, 11) is 0. The maximum absolute atomic E-state index is 12.1. The second kappa shape index (κ2) is 17.3. The van der Waals surface area contributed by atoms with Gasteiger partial charge in [0.2, 0.25) is 0 Å². The predicted molar refractivity (Wildman–Crippen MR) is 103 cm³/mol. The van der Waals surface area contributed by atoms with Gasteiger partial charge in [-0.1, -0.05) is 90.9 Å². The molecule has 1 unspecified atom stereocenters. The number of hydrogen-bond donors (Lipinski definition) is 2. The number of hydrogen-bond acceptors (Lipinski definition) is 4. The van der Waals surface area contributed by atoms with Crippen LogP contribution in [0, 0.1) is 0 Å². The van der Waals surface area contributed by atoms with E-state index in [9.17, 15) is 18.0 Å². The van der Waals surface area contributed by atoms with Crippen LogP contribution in [0.15, 0.2) is 0 Å². The summed E-state index contributed by atoms with van der Waals surface area (Å²) >= 11 is 0. The van der Waals surface area contributed by atoms with Crippen molar-refractivity contribution in [3.63, 3.8) is 0 Å². The Morgan fingerprint density at radius 1 is 0.815 bits per heavy atom. The van der Waals surface area contributed by atoms with Gasteiger partial charge in [0.05, 0.1) is 6.17 Å². The van der Waals surface area contributed by atoms with Gasteiger partial charge in [-0.15, -0.1) is 5.48 Å². The van der Waals surface area contributed by atoms with Gasteiger partial charge in [0.25, 0.3) is 0 Å². The largest absolute Gasteiger partial charge is 0.492 e. The molecule has 0 aliphatic rings. The molecule has 0 bridgehead atoms. The number of nitrogens with one attached hydrogen (secondary N) is 2. The summed E-state index contributed by atoms with van der Waals surface area (Å²) < 4.78 is 36.4. The van der Waals surface area contributed by atoms with E-state index in [1.165, 1.54) is 64.2 Å². The first kappa shape index (κ1) is 26.2. The van der Waals surface area contributed by atoms with Crippen LogP contribution in [-0.2, 0) is 9.63 Å². The molecule has 27 heavy (non-hydrogen) atoms. The van der Waals surface area contributed by atoms with Gasteiger partial charge in [0.15, 0.2) is 0 Å². The number of alkyl halides is 3. The molecule has 2 N–H and O–H groups in total. The Morgan fingerprint density at radius 3 is 1.74 bits per heavy atom. The van der Waals surface area contributed by atoms with E-state index in [2.05, 4.69) is 22.6 Å². The lowest BCUT2D eigenvalue weighted by Gasteiger charge is -2.19. The van der Waals surface area contributed by atoms with Gasteiger partial charge in [-0.25, -0.2) is 4.79 Å². The van der Waals surface area contributed by atoms with Gasteiger partial charge < -0.3 is 4.84 Å². The SMILES string of the molecule is CCCCCCCCCCCCCCNC(CCC)NOC(=O)C(F)(F)F. The zero-order valence-corrected chi connectivity index (χ0v) is 17.1. The minimum absolute atomic E-state index is 0.450. The highest BCUT2D eigenvalue weighted by atomic mass is 19.4. The van der Waals surface area contributed by atoms with Crippen LogP contribution in [0.1, 0.15) is 104 Å². The van der Waals surface area contributed by atoms with Crippen molar-refractivity contribution in [3.05, 3.63) is 0 Å². The summed E-state index contributed by atoms with van der Waals surface area (Å²) in [6.45, 7) is 4.85. The maximum Gasteiger partial charge on any atom is 0.492 e. The van der Waals surface area contributed by atoms with Crippen molar-refractivity contribution >= 4 is 5.97 Å². The third kappa shape index (κ3) is 17.0. The van der Waals surface area contributed by atoms with E-state index in [1.54, 1.807) is 0 Å². The lowest BCUT2D eigenvalue weighted by Crippen LogP contribution is -2.45. The Morgan fingerprint density at radius 2 is 1.30 bits per heavy atom. The Hall–Kier alpha value is -0.820. The summed E-state index contributed by atoms with van der Waals surface area (Å²) in [6.07, 6.45) is 11.1. The summed E-state index contributed by atoms with van der Waals surface area (Å²) in [6, 6.07) is 0.